The van der Waals surface area contributed by atoms with Crippen molar-refractivity contribution in [3.05, 3.63) is 35.4 Å². The van der Waals surface area contributed by atoms with E-state index in [0.29, 0.717) is 13.2 Å². The molecule has 2 N–H and O–H groups in total. The number of hydrogen-bond donors (Lipinski definition) is 2. The number of rotatable bonds is 7. The van der Waals surface area contributed by atoms with Crippen LogP contribution in [-0.4, -0.2) is 38.3 Å². The third-order valence-corrected chi connectivity index (χ3v) is 3.13. The number of hydrazone groups is 1. The minimum absolute atomic E-state index is 0.0973. The molecule has 0 unspecified atom stereocenters. The Balaban J connectivity index is 2.40. The van der Waals surface area contributed by atoms with E-state index in [2.05, 4.69) is 36.6 Å². The third kappa shape index (κ3) is 7.56. The molecule has 0 aliphatic rings. The van der Waals surface area contributed by atoms with Crippen LogP contribution in [0.15, 0.2) is 29.4 Å². The van der Waals surface area contributed by atoms with Crippen LogP contribution in [0.4, 0.5) is 0 Å². The molecule has 0 aliphatic heterocycles. The third-order valence-electron chi connectivity index (χ3n) is 3.13. The minimum Gasteiger partial charge on any atom is -0.383 e. The average molecular weight is 319 g/mol. The van der Waals surface area contributed by atoms with Gasteiger partial charge in [-0.15, -0.1) is 0 Å². The number of amides is 2. The molecule has 23 heavy (non-hydrogen) atoms. The number of nitrogens with zero attached hydrogens (tertiary/aromatic N) is 1. The van der Waals surface area contributed by atoms with Crippen molar-refractivity contribution in [3.63, 3.8) is 0 Å². The van der Waals surface area contributed by atoms with Crippen molar-refractivity contribution < 1.29 is 14.3 Å². The summed E-state index contributed by atoms with van der Waals surface area (Å²) in [4.78, 5) is 23.0. The molecule has 0 saturated carbocycles. The Morgan fingerprint density at radius 1 is 1.17 bits per heavy atom. The molecule has 1 aromatic rings. The van der Waals surface area contributed by atoms with Crippen LogP contribution < -0.4 is 10.7 Å². The lowest BCUT2D eigenvalue weighted by Crippen LogP contribution is -2.31. The molecule has 6 heteroatoms. The molecule has 0 aromatic heterocycles. The zero-order valence-corrected chi connectivity index (χ0v) is 14.2. The summed E-state index contributed by atoms with van der Waals surface area (Å²) < 4.78 is 4.80. The van der Waals surface area contributed by atoms with Gasteiger partial charge in [0, 0.05) is 13.7 Å². The van der Waals surface area contributed by atoms with E-state index in [1.54, 1.807) is 13.3 Å². The summed E-state index contributed by atoms with van der Waals surface area (Å²) in [6.07, 6.45) is 1.29. The van der Waals surface area contributed by atoms with Crippen molar-refractivity contribution in [2.45, 2.75) is 32.6 Å². The van der Waals surface area contributed by atoms with Gasteiger partial charge in [0.2, 0.25) is 11.8 Å². The number of benzene rings is 1. The summed E-state index contributed by atoms with van der Waals surface area (Å²) in [7, 11) is 1.54. The zero-order valence-electron chi connectivity index (χ0n) is 14.2. The highest BCUT2D eigenvalue weighted by molar-refractivity contribution is 5.97. The average Bonchev–Trinajstić information content (AvgIpc) is 2.47. The van der Waals surface area contributed by atoms with Gasteiger partial charge >= 0.3 is 0 Å². The van der Waals surface area contributed by atoms with Crippen LogP contribution >= 0.6 is 0 Å². The van der Waals surface area contributed by atoms with Gasteiger partial charge in [-0.05, 0) is 16.5 Å². The summed E-state index contributed by atoms with van der Waals surface area (Å²) in [6.45, 7) is 7.23. The van der Waals surface area contributed by atoms with Crippen LogP contribution in [0.25, 0.3) is 0 Å². The van der Waals surface area contributed by atoms with Crippen molar-refractivity contribution in [1.29, 1.82) is 0 Å². The van der Waals surface area contributed by atoms with Crippen LogP contribution in [0.3, 0.4) is 0 Å². The molecule has 1 rings (SSSR count). The molecule has 126 valence electrons. The fourth-order valence-corrected chi connectivity index (χ4v) is 1.79. The number of carbonyl (C=O) groups is 2. The highest BCUT2D eigenvalue weighted by atomic mass is 16.5. The first-order chi connectivity index (χ1) is 10.8. The molecule has 0 radical (unpaired) electrons. The Bertz CT molecular complexity index is 545. The summed E-state index contributed by atoms with van der Waals surface area (Å²) in [6, 6.07) is 7.94. The van der Waals surface area contributed by atoms with Crippen molar-refractivity contribution in [3.8, 4) is 0 Å². The smallest absolute Gasteiger partial charge is 0.249 e. The predicted molar refractivity (Wildman–Crippen MR) is 90.4 cm³/mol. The molecule has 0 spiro atoms. The highest BCUT2D eigenvalue weighted by Crippen LogP contribution is 2.21. The van der Waals surface area contributed by atoms with Gasteiger partial charge in [0.15, 0.2) is 0 Å². The molecule has 0 fully saturated rings. The molecule has 6 nitrogen and oxygen atoms in total. The topological polar surface area (TPSA) is 79.8 Å². The van der Waals surface area contributed by atoms with Gasteiger partial charge in [-0.3, -0.25) is 9.59 Å². The number of hydrogen-bond acceptors (Lipinski definition) is 4. The molecule has 0 heterocycles. The predicted octanol–water partition coefficient (Wildman–Crippen LogP) is 1.59. The second kappa shape index (κ2) is 9.05. The monoisotopic (exact) mass is 319 g/mol. The maximum Gasteiger partial charge on any atom is 0.249 e. The molecule has 1 aromatic carbocycles. The maximum atomic E-state index is 11.5. The minimum atomic E-state index is -0.456. The van der Waals surface area contributed by atoms with Crippen LogP contribution in [0.5, 0.6) is 0 Å². The second-order valence-corrected chi connectivity index (χ2v) is 6.18. The van der Waals surface area contributed by atoms with E-state index in [-0.39, 0.29) is 17.7 Å². The van der Waals surface area contributed by atoms with Gasteiger partial charge in [0.25, 0.3) is 0 Å². The Kier molecular flexibility index (Phi) is 7.41. The van der Waals surface area contributed by atoms with E-state index in [1.165, 1.54) is 5.56 Å². The summed E-state index contributed by atoms with van der Waals surface area (Å²) in [5.74, 6) is -0.813. The lowest BCUT2D eigenvalue weighted by molar-refractivity contribution is -0.129. The van der Waals surface area contributed by atoms with Crippen LogP contribution in [-0.2, 0) is 19.7 Å². The van der Waals surface area contributed by atoms with Gasteiger partial charge in [-0.1, -0.05) is 45.0 Å². The quantitative estimate of drug-likeness (QED) is 0.347. The van der Waals surface area contributed by atoms with Crippen molar-refractivity contribution >= 4 is 18.0 Å². The normalized spacial score (nSPS) is 11.5. The lowest BCUT2D eigenvalue weighted by Gasteiger charge is -2.18. The van der Waals surface area contributed by atoms with E-state index >= 15 is 0 Å². The summed E-state index contributed by atoms with van der Waals surface area (Å²) in [5.41, 5.74) is 4.54. The molecule has 0 saturated heterocycles. The van der Waals surface area contributed by atoms with E-state index in [4.69, 9.17) is 4.74 Å². The van der Waals surface area contributed by atoms with Gasteiger partial charge in [-0.2, -0.15) is 5.10 Å². The Morgan fingerprint density at radius 2 is 1.83 bits per heavy atom. The lowest BCUT2D eigenvalue weighted by atomic mass is 9.87. The van der Waals surface area contributed by atoms with E-state index in [1.807, 2.05) is 24.3 Å². The van der Waals surface area contributed by atoms with Gasteiger partial charge in [0.1, 0.15) is 6.42 Å². The standard InChI is InChI=1S/C17H25N3O3/c1-17(2,3)14-7-5-13(6-8-14)12-19-20-16(22)11-15(21)18-9-10-23-4/h5-8,12H,9-11H2,1-4H3,(H,18,21)(H,20,22). The van der Waals surface area contributed by atoms with Crippen molar-refractivity contribution in [1.82, 2.24) is 10.7 Å². The van der Waals surface area contributed by atoms with Gasteiger partial charge in [-0.25, -0.2) is 5.43 Å². The molecule has 0 atom stereocenters. The highest BCUT2D eigenvalue weighted by Gasteiger charge is 2.12. The molecular weight excluding hydrogens is 294 g/mol. The summed E-state index contributed by atoms with van der Waals surface area (Å²) in [5, 5.41) is 6.42. The van der Waals surface area contributed by atoms with Crippen LogP contribution in [0.2, 0.25) is 0 Å². The van der Waals surface area contributed by atoms with E-state index in [0.717, 1.165) is 5.56 Å². The number of methoxy groups -OCH3 is 1. The van der Waals surface area contributed by atoms with Gasteiger partial charge in [0.05, 0.1) is 12.8 Å². The largest absolute Gasteiger partial charge is 0.383 e. The SMILES string of the molecule is COCCNC(=O)CC(=O)NN=Cc1ccc(C(C)(C)C)cc1. The first kappa shape index (κ1) is 18.8. The number of carbonyl (C=O) groups excluding carboxylic acids is 2. The molecule has 2 amide bonds. The Labute approximate surface area is 137 Å². The van der Waals surface area contributed by atoms with Gasteiger partial charge < -0.3 is 10.1 Å². The fourth-order valence-electron chi connectivity index (χ4n) is 1.79. The van der Waals surface area contributed by atoms with Crippen molar-refractivity contribution in [2.24, 2.45) is 5.10 Å². The number of nitrogens with one attached hydrogen (secondary N) is 2. The maximum absolute atomic E-state index is 11.5. The molecule has 0 bridgehead atoms. The van der Waals surface area contributed by atoms with E-state index in [9.17, 15) is 9.59 Å². The Hall–Kier alpha value is -2.21. The van der Waals surface area contributed by atoms with E-state index < -0.39 is 5.91 Å². The van der Waals surface area contributed by atoms with Crippen molar-refractivity contribution in [2.75, 3.05) is 20.3 Å². The Morgan fingerprint density at radius 3 is 2.39 bits per heavy atom. The number of ether oxygens (including phenoxy) is 1. The molecular formula is C17H25N3O3. The molecule has 0 aliphatic carbocycles. The first-order valence-electron chi connectivity index (χ1n) is 7.51. The fraction of sp³-hybridized carbons (Fsp3) is 0.471. The van der Waals surface area contributed by atoms with Crippen LogP contribution in [0, 0.1) is 0 Å². The summed E-state index contributed by atoms with van der Waals surface area (Å²) >= 11 is 0. The van der Waals surface area contributed by atoms with Crippen LogP contribution in [0.1, 0.15) is 38.3 Å². The zero-order chi connectivity index (χ0) is 17.3. The second-order valence-electron chi connectivity index (χ2n) is 6.18. The first-order valence-corrected chi connectivity index (χ1v) is 7.51.